The third-order valence-electron chi connectivity index (χ3n) is 2.70. The number of nitrogens with one attached hydrogen (secondary N) is 1. The Balaban J connectivity index is 2.45. The van der Waals surface area contributed by atoms with Crippen LogP contribution in [-0.2, 0) is 10.0 Å². The molecule has 0 unspecified atom stereocenters. The van der Waals surface area contributed by atoms with Crippen LogP contribution < -0.4 is 4.72 Å². The van der Waals surface area contributed by atoms with Crippen LogP contribution >= 0.6 is 15.9 Å². The molecule has 0 aliphatic heterocycles. The molecule has 0 bridgehead atoms. The number of sulfonamides is 1. The first kappa shape index (κ1) is 12.6. The lowest BCUT2D eigenvalue weighted by molar-refractivity contribution is 0.607. The van der Waals surface area contributed by atoms with Crippen LogP contribution in [-0.4, -0.2) is 14.7 Å². The van der Waals surface area contributed by atoms with Crippen molar-refractivity contribution in [3.8, 4) is 0 Å². The zero-order chi connectivity index (χ0) is 12.5. The summed E-state index contributed by atoms with van der Waals surface area (Å²) in [6, 6.07) is 7.51. The van der Waals surface area contributed by atoms with Crippen LogP contribution in [0.15, 0.2) is 28.7 Å². The highest BCUT2D eigenvalue weighted by Crippen LogP contribution is 2.39. The number of benzene rings is 1. The van der Waals surface area contributed by atoms with Crippen molar-refractivity contribution < 1.29 is 8.42 Å². The summed E-state index contributed by atoms with van der Waals surface area (Å²) in [6.07, 6.45) is 4.30. The van der Waals surface area contributed by atoms with Gasteiger partial charge in [0, 0.05) is 5.56 Å². The Morgan fingerprint density at radius 2 is 1.94 bits per heavy atom. The van der Waals surface area contributed by atoms with Gasteiger partial charge in [-0.1, -0.05) is 34.1 Å². The third kappa shape index (κ3) is 3.10. The fourth-order valence-electron chi connectivity index (χ4n) is 2.02. The van der Waals surface area contributed by atoms with Crippen LogP contribution in [0.5, 0.6) is 0 Å². The lowest BCUT2D eigenvalue weighted by Crippen LogP contribution is -2.11. The van der Waals surface area contributed by atoms with Gasteiger partial charge in [-0.3, -0.25) is 4.72 Å². The molecule has 1 N–H and O–H groups in total. The minimum Gasteiger partial charge on any atom is -0.283 e. The minimum absolute atomic E-state index is 0.656. The summed E-state index contributed by atoms with van der Waals surface area (Å²) in [6.45, 7) is 0. The second kappa shape index (κ2) is 4.82. The minimum atomic E-state index is -3.23. The molecule has 0 saturated carbocycles. The predicted octanol–water partition coefficient (Wildman–Crippen LogP) is 3.35. The summed E-state index contributed by atoms with van der Waals surface area (Å²) in [5.74, 6) is 0. The summed E-state index contributed by atoms with van der Waals surface area (Å²) in [4.78, 5) is 0. The Morgan fingerprint density at radius 1 is 1.24 bits per heavy atom. The van der Waals surface area contributed by atoms with Gasteiger partial charge in [0.05, 0.1) is 11.9 Å². The molecular formula is C12H14BrNO2S. The molecule has 0 atom stereocenters. The third-order valence-corrected chi connectivity index (χ3v) is 4.16. The van der Waals surface area contributed by atoms with Gasteiger partial charge in [-0.2, -0.15) is 0 Å². The number of para-hydroxylation sites is 1. The Morgan fingerprint density at radius 3 is 2.53 bits per heavy atom. The van der Waals surface area contributed by atoms with Crippen molar-refractivity contribution in [2.24, 2.45) is 0 Å². The Bertz CT molecular complexity index is 564. The van der Waals surface area contributed by atoms with Gasteiger partial charge in [0.25, 0.3) is 0 Å². The molecule has 5 heteroatoms. The van der Waals surface area contributed by atoms with Gasteiger partial charge in [-0.05, 0) is 35.4 Å². The van der Waals surface area contributed by atoms with E-state index in [-0.39, 0.29) is 0 Å². The SMILES string of the molecule is CS(=O)(=O)Nc1ccccc1C1=C(Br)CCC1. The molecule has 1 aliphatic carbocycles. The van der Waals surface area contributed by atoms with Crippen molar-refractivity contribution >= 4 is 37.2 Å². The zero-order valence-electron chi connectivity index (χ0n) is 9.53. The number of rotatable bonds is 3. The molecule has 2 rings (SSSR count). The van der Waals surface area contributed by atoms with E-state index in [0.717, 1.165) is 24.8 Å². The highest BCUT2D eigenvalue weighted by atomic mass is 79.9. The lowest BCUT2D eigenvalue weighted by Gasteiger charge is -2.11. The fourth-order valence-corrected chi connectivity index (χ4v) is 3.29. The Labute approximate surface area is 110 Å². The maximum Gasteiger partial charge on any atom is 0.229 e. The van der Waals surface area contributed by atoms with Crippen molar-refractivity contribution in [1.82, 2.24) is 0 Å². The first-order chi connectivity index (χ1) is 7.97. The summed E-state index contributed by atoms with van der Waals surface area (Å²) in [7, 11) is -3.23. The first-order valence-corrected chi connectivity index (χ1v) is 8.10. The van der Waals surface area contributed by atoms with Gasteiger partial charge in [0.2, 0.25) is 10.0 Å². The molecule has 1 aliphatic rings. The van der Waals surface area contributed by atoms with E-state index in [4.69, 9.17) is 0 Å². The Hall–Kier alpha value is -0.810. The number of halogens is 1. The zero-order valence-corrected chi connectivity index (χ0v) is 11.9. The molecule has 1 aromatic rings. The average Bonchev–Trinajstić information content (AvgIpc) is 2.63. The molecule has 17 heavy (non-hydrogen) atoms. The Kier molecular flexibility index (Phi) is 3.58. The smallest absolute Gasteiger partial charge is 0.229 e. The molecule has 0 fully saturated rings. The standard InChI is InChI=1S/C12H14BrNO2S/c1-17(15,16)14-12-8-3-2-5-10(12)9-6-4-7-11(9)13/h2-3,5,8,14H,4,6-7H2,1H3. The van der Waals surface area contributed by atoms with Gasteiger partial charge >= 0.3 is 0 Å². The monoisotopic (exact) mass is 315 g/mol. The van der Waals surface area contributed by atoms with Crippen molar-refractivity contribution in [2.45, 2.75) is 19.3 Å². The van der Waals surface area contributed by atoms with Crippen molar-refractivity contribution in [3.05, 3.63) is 34.3 Å². The van der Waals surface area contributed by atoms with Crippen LogP contribution in [0.1, 0.15) is 24.8 Å². The molecular weight excluding hydrogens is 302 g/mol. The molecule has 0 amide bonds. The summed E-state index contributed by atoms with van der Waals surface area (Å²) >= 11 is 3.56. The van der Waals surface area contributed by atoms with Crippen LogP contribution in [0.25, 0.3) is 5.57 Å². The van der Waals surface area contributed by atoms with Crippen molar-refractivity contribution in [2.75, 3.05) is 11.0 Å². The highest BCUT2D eigenvalue weighted by molar-refractivity contribution is 9.11. The van der Waals surface area contributed by atoms with Gasteiger partial charge in [0.15, 0.2) is 0 Å². The number of hydrogen-bond donors (Lipinski definition) is 1. The molecule has 0 aromatic heterocycles. The summed E-state index contributed by atoms with van der Waals surface area (Å²) < 4.78 is 26.4. The van der Waals surface area contributed by atoms with Crippen LogP contribution in [0.3, 0.4) is 0 Å². The average molecular weight is 316 g/mol. The maximum atomic E-state index is 11.3. The number of allylic oxidation sites excluding steroid dienone is 2. The van der Waals surface area contributed by atoms with Crippen molar-refractivity contribution in [1.29, 1.82) is 0 Å². The number of hydrogen-bond acceptors (Lipinski definition) is 2. The van der Waals surface area contributed by atoms with Gasteiger partial charge in [-0.15, -0.1) is 0 Å². The normalized spacial score (nSPS) is 16.4. The van der Waals surface area contributed by atoms with Gasteiger partial charge in [0.1, 0.15) is 0 Å². The van der Waals surface area contributed by atoms with Gasteiger partial charge in [-0.25, -0.2) is 8.42 Å². The van der Waals surface area contributed by atoms with E-state index in [0.29, 0.717) is 5.69 Å². The summed E-state index contributed by atoms with van der Waals surface area (Å²) in [5, 5.41) is 0. The highest BCUT2D eigenvalue weighted by Gasteiger charge is 2.17. The van der Waals surface area contributed by atoms with Crippen LogP contribution in [0, 0.1) is 0 Å². The van der Waals surface area contributed by atoms with Crippen LogP contribution in [0.2, 0.25) is 0 Å². The molecule has 0 spiro atoms. The predicted molar refractivity (Wildman–Crippen MR) is 74.6 cm³/mol. The maximum absolute atomic E-state index is 11.3. The largest absolute Gasteiger partial charge is 0.283 e. The quantitative estimate of drug-likeness (QED) is 0.929. The fraction of sp³-hybridized carbons (Fsp3) is 0.333. The van der Waals surface area contributed by atoms with E-state index in [9.17, 15) is 8.42 Å². The second-order valence-electron chi connectivity index (χ2n) is 4.16. The van der Waals surface area contributed by atoms with E-state index in [1.54, 1.807) is 6.07 Å². The molecule has 1 aromatic carbocycles. The number of anilines is 1. The topological polar surface area (TPSA) is 46.2 Å². The first-order valence-electron chi connectivity index (χ1n) is 5.42. The van der Waals surface area contributed by atoms with E-state index in [2.05, 4.69) is 20.7 Å². The molecule has 0 heterocycles. The molecule has 3 nitrogen and oxygen atoms in total. The molecule has 0 radical (unpaired) electrons. The van der Waals surface area contributed by atoms with Crippen LogP contribution in [0.4, 0.5) is 5.69 Å². The van der Waals surface area contributed by atoms with E-state index >= 15 is 0 Å². The lowest BCUT2D eigenvalue weighted by atomic mass is 10.0. The molecule has 0 saturated heterocycles. The van der Waals surface area contributed by atoms with E-state index in [1.165, 1.54) is 16.3 Å². The van der Waals surface area contributed by atoms with E-state index in [1.807, 2.05) is 18.2 Å². The van der Waals surface area contributed by atoms with E-state index < -0.39 is 10.0 Å². The molecule has 92 valence electrons. The van der Waals surface area contributed by atoms with Crippen molar-refractivity contribution in [3.63, 3.8) is 0 Å². The van der Waals surface area contributed by atoms with Gasteiger partial charge < -0.3 is 0 Å². The second-order valence-corrected chi connectivity index (χ2v) is 6.86. The summed E-state index contributed by atoms with van der Waals surface area (Å²) in [5.41, 5.74) is 2.84.